The Morgan fingerprint density at radius 1 is 0.581 bits per heavy atom. The maximum absolute atomic E-state index is 14.5. The molecule has 5 N–H and O–H groups in total. The van der Waals surface area contributed by atoms with E-state index in [4.69, 9.17) is 32.3 Å². The normalized spacial score (nSPS) is 25.9. The minimum Gasteiger partial charge on any atom is -0.488 e. The third-order valence-corrected chi connectivity index (χ3v) is 26.3. The lowest BCUT2D eigenvalue weighted by Crippen LogP contribution is -2.56. The number of ether oxygens (including phenoxy) is 6. The number of hydrogen-bond acceptors (Lipinski definition) is 25. The van der Waals surface area contributed by atoms with Crippen LogP contribution in [0.15, 0.2) is 121 Å². The van der Waals surface area contributed by atoms with Crippen molar-refractivity contribution in [3.8, 4) is 5.75 Å². The zero-order chi connectivity index (χ0) is 84.3. The van der Waals surface area contributed by atoms with Gasteiger partial charge in [0.2, 0.25) is 29.2 Å². The quantitative estimate of drug-likeness (QED) is 0.0222. The molecule has 2 aromatic heterocycles. The number of halogens is 1. The number of alkyl carbamates (subject to hydrolysis) is 2. The maximum Gasteiger partial charge on any atom is 0.605 e. The molecule has 6 fully saturated rings. The molecule has 4 aliphatic heterocycles. The van der Waals surface area contributed by atoms with E-state index >= 15 is 0 Å². The number of allylic oxidation sites excluding steroid dienone is 2. The summed E-state index contributed by atoms with van der Waals surface area (Å²) in [5.41, 5.74) is -3.26. The summed E-state index contributed by atoms with van der Waals surface area (Å²) in [6.07, 6.45) is 20.0. The van der Waals surface area contributed by atoms with Crippen LogP contribution in [0.25, 0.3) is 21.8 Å². The van der Waals surface area contributed by atoms with E-state index in [0.29, 0.717) is 43.0 Å². The molecule has 4 saturated carbocycles. The van der Waals surface area contributed by atoms with Gasteiger partial charge in [0.25, 0.3) is 10.1 Å². The number of rotatable bonds is 15. The van der Waals surface area contributed by atoms with E-state index in [1.807, 2.05) is 24.3 Å². The predicted octanol–water partition coefficient (Wildman–Crippen LogP) is 7.54. The topological polar surface area (TPSA) is 449 Å². The minimum atomic E-state index is -4.25. The first kappa shape index (κ1) is 87.8. The molecule has 2 unspecified atom stereocenters. The number of aromatic nitrogens is 2. The van der Waals surface area contributed by atoms with Crippen LogP contribution in [-0.2, 0) is 90.9 Å². The van der Waals surface area contributed by atoms with E-state index in [2.05, 4.69) is 58.7 Å². The third kappa shape index (κ3) is 21.1. The molecule has 37 heteroatoms. The molecule has 6 heterocycles. The Morgan fingerprint density at radius 2 is 1.08 bits per heavy atom. The standard InChI is InChI=1S/C37H46N4O11S.C31H38BrN3O9S.C12H11NO5S/c1-49-34(44)27-19-29(25-15-11-17-30(31(25)38-27)53(3,47)48)51-24-18-28-32(42)40-37(35(45)50-2)20-22(37)12-7-5-4-6-8-16-26(33(43)41(28)21-24)39-36(46)52-23-13-9-10-14-23;1-42-29(38)31-18-20(31)9-5-3-2-4-6-12-25(33-30(39)43-22-10-7-8-11-22)28(37)35-19-23(17-26(35)27(36)34-31)44-45(40,41)24-15-13-21(32)14-16-24;1-18-12(15)8-6-9(14)7-4-3-5-10(11(7)13-8)19(2,16)17/h7,11-12,15,17,19,22-24,26,28H,4-6,8-10,13-14,16,18,20-21H2,1-3H3,(H,39,46)(H,40,42);5,9,13-16,20,22-23,25-26H,1-4,6-8,10-12,17-19H2,(H-,33,34,36,39);3-6H,1-2H3,(H,13,14)/p+1/b12-7-;9-5-;/t22?,24-,26+,28+,37-;20?,23-,25+,26+,31-;/m11./s1. The van der Waals surface area contributed by atoms with Crippen LogP contribution < -0.4 is 31.4 Å². The number of para-hydroxylation sites is 2. The Balaban J connectivity index is 0.000000190. The summed E-state index contributed by atoms with van der Waals surface area (Å²) in [5, 5.41) is 11.7. The van der Waals surface area contributed by atoms with Gasteiger partial charge in [0, 0.05) is 71.1 Å². The molecule has 10 atom stereocenters. The number of carbonyl (C=O) groups is 10. The van der Waals surface area contributed by atoms with Crippen molar-refractivity contribution in [2.45, 2.75) is 216 Å². The number of amides is 6. The Labute approximate surface area is 684 Å². The number of H-pyrrole nitrogens is 1. The van der Waals surface area contributed by atoms with Gasteiger partial charge >= 0.3 is 36.1 Å². The molecular weight excluding hydrogens is 1650 g/mol. The molecule has 4 aliphatic carbocycles. The number of nitrogens with zero attached hydrogens (tertiary/aromatic N) is 3. The molecule has 8 aliphatic rings. The van der Waals surface area contributed by atoms with Crippen LogP contribution in [-0.4, -0.2) is 218 Å². The monoisotopic (exact) mass is 1740 g/mol. The number of sulfone groups is 2. The van der Waals surface area contributed by atoms with E-state index in [1.54, 1.807) is 18.2 Å². The number of carbonyl (C=O) groups excluding carboxylic acids is 11. The summed E-state index contributed by atoms with van der Waals surface area (Å²) < 4.78 is 118. The number of methoxy groups -OCH3 is 3. The van der Waals surface area contributed by atoms with Crippen molar-refractivity contribution in [1.82, 2.24) is 41.0 Å². The van der Waals surface area contributed by atoms with Crippen LogP contribution in [0.4, 0.5) is 9.59 Å². The predicted molar refractivity (Wildman–Crippen MR) is 424 cm³/mol. The van der Waals surface area contributed by atoms with Crippen LogP contribution in [0.5, 0.6) is 5.75 Å². The van der Waals surface area contributed by atoms with Gasteiger partial charge in [-0.25, -0.2) is 45.8 Å². The first-order valence-corrected chi connectivity index (χ1v) is 44.8. The molecule has 3 aromatic carbocycles. The molecule has 6 amide bonds. The average molecular weight is 1750 g/mol. The zero-order valence-corrected chi connectivity index (χ0v) is 69.4. The number of pyridine rings is 2. The maximum atomic E-state index is 14.5. The van der Waals surface area contributed by atoms with Gasteiger partial charge in [-0.2, -0.15) is 8.42 Å². The van der Waals surface area contributed by atoms with Gasteiger partial charge in [0.15, 0.2) is 37.6 Å². The van der Waals surface area contributed by atoms with Crippen molar-refractivity contribution in [1.29, 1.82) is 0 Å². The van der Waals surface area contributed by atoms with E-state index < -0.39 is 142 Å². The molecule has 630 valence electrons. The highest BCUT2D eigenvalue weighted by atomic mass is 79.9. The zero-order valence-electron chi connectivity index (χ0n) is 65.3. The van der Waals surface area contributed by atoms with Crippen molar-refractivity contribution in [2.75, 3.05) is 46.9 Å². The Bertz CT molecular complexity index is 5150. The SMILES string of the molecule is C=[O+]C(=O)[C@@]12CC1/C=C\CCCCC[C@H](NC(=O)OC1CCCC1)C(=O)N1C[C@H](OS(=O)(=O)c3ccc(Br)cc3)C[C@H]1C(=O)N2.COC(=O)c1cc(=O)c2cccc(S(C)(=O)=O)c2[nH]1.COC(=O)c1cc(O[C@@H]2C[C@H]3C(=O)N[C@]4(C(=O)OC)CC4/C=C\CCCCC[C@H](NC(=O)OC4CCCC4)C(=O)N3C2)c2cccc(S(C)(=O)=O)c2n1. The second-order valence-corrected chi connectivity index (χ2v) is 36.8. The second-order valence-electron chi connectivity index (χ2n) is 30.4. The summed E-state index contributed by atoms with van der Waals surface area (Å²) in [6.45, 7) is 2.90. The molecule has 0 bridgehead atoms. The fourth-order valence-corrected chi connectivity index (χ4v) is 18.8. The van der Waals surface area contributed by atoms with Crippen molar-refractivity contribution in [3.63, 3.8) is 0 Å². The van der Waals surface area contributed by atoms with E-state index in [0.717, 1.165) is 108 Å². The third-order valence-electron chi connectivity index (χ3n) is 22.1. The number of fused-ring (bicyclic) bond motifs is 6. The number of esters is 3. The van der Waals surface area contributed by atoms with Crippen molar-refractivity contribution < 1.29 is 110 Å². The second kappa shape index (κ2) is 37.7. The summed E-state index contributed by atoms with van der Waals surface area (Å²) >= 11 is 3.28. The fraction of sp³-hybridized carbons (Fsp3) is 0.512. The number of hydrogen-bond donors (Lipinski definition) is 5. The molecule has 13 rings (SSSR count). The van der Waals surface area contributed by atoms with Crippen LogP contribution in [0.1, 0.15) is 162 Å². The van der Waals surface area contributed by atoms with Gasteiger partial charge in [-0.1, -0.05) is 78.1 Å². The molecule has 117 heavy (non-hydrogen) atoms. The van der Waals surface area contributed by atoms with E-state index in [-0.39, 0.29) is 104 Å². The van der Waals surface area contributed by atoms with E-state index in [9.17, 15) is 78.0 Å². The van der Waals surface area contributed by atoms with Crippen molar-refractivity contribution >= 4 is 134 Å². The molecule has 0 spiro atoms. The molecule has 33 nitrogen and oxygen atoms in total. The van der Waals surface area contributed by atoms with Crippen molar-refractivity contribution in [2.24, 2.45) is 11.8 Å². The average Bonchev–Trinajstić information content (AvgIpc) is 1.60. The molecule has 0 radical (unpaired) electrons. The summed E-state index contributed by atoms with van der Waals surface area (Å²) in [4.78, 5) is 154. The lowest BCUT2D eigenvalue weighted by atomic mass is 10.0. The summed E-state index contributed by atoms with van der Waals surface area (Å²) in [6, 6.07) is 12.8. The highest BCUT2D eigenvalue weighted by Gasteiger charge is 2.68. The van der Waals surface area contributed by atoms with Gasteiger partial charge in [-0.3, -0.25) is 32.6 Å². The smallest absolute Gasteiger partial charge is 0.488 e. The lowest BCUT2D eigenvalue weighted by molar-refractivity contribution is -0.372. The van der Waals surface area contributed by atoms with Crippen LogP contribution in [0.2, 0.25) is 0 Å². The van der Waals surface area contributed by atoms with Gasteiger partial charge < -0.3 is 64.5 Å². The Kier molecular flexibility index (Phi) is 28.3. The Morgan fingerprint density at radius 3 is 1.61 bits per heavy atom. The lowest BCUT2D eigenvalue weighted by Gasteiger charge is -2.29. The van der Waals surface area contributed by atoms with Gasteiger partial charge in [0.1, 0.15) is 59.5 Å². The van der Waals surface area contributed by atoms with Crippen LogP contribution in [0.3, 0.4) is 0 Å². The number of nitrogens with one attached hydrogen (secondary N) is 5. The fourth-order valence-electron chi connectivity index (χ4n) is 15.8. The first-order chi connectivity index (χ1) is 55.7. The minimum absolute atomic E-state index is 0.00699. The number of aromatic amines is 1. The van der Waals surface area contributed by atoms with Gasteiger partial charge in [0.05, 0.1) is 64.5 Å². The highest BCUT2D eigenvalue weighted by molar-refractivity contribution is 9.10. The van der Waals surface area contributed by atoms with Crippen molar-refractivity contribution in [3.05, 3.63) is 123 Å². The summed E-state index contributed by atoms with van der Waals surface area (Å²) in [5.74, 6) is -5.68. The highest BCUT2D eigenvalue weighted by Crippen LogP contribution is 2.48. The van der Waals surface area contributed by atoms with Gasteiger partial charge in [-0.05, 0) is 151 Å². The molecular formula is C80H96BrN8O25S3+. The first-order valence-electron chi connectivity index (χ1n) is 38.8. The number of benzene rings is 3. The molecule has 2 saturated heterocycles. The molecule has 5 aromatic rings. The largest absolute Gasteiger partial charge is 0.605 e. The summed E-state index contributed by atoms with van der Waals surface area (Å²) in [7, 11) is -7.96. The van der Waals surface area contributed by atoms with Crippen LogP contribution >= 0.6 is 15.9 Å². The Hall–Kier alpha value is -9.98. The van der Waals surface area contributed by atoms with Crippen LogP contribution in [0, 0.1) is 11.8 Å². The van der Waals surface area contributed by atoms with E-state index in [1.165, 1.54) is 79.7 Å². The van der Waals surface area contributed by atoms with Gasteiger partial charge in [-0.15, -0.1) is 0 Å².